The summed E-state index contributed by atoms with van der Waals surface area (Å²) in [5, 5.41) is 15.8. The molecule has 5 nitrogen and oxygen atoms in total. The zero-order valence-electron chi connectivity index (χ0n) is 8.80. The molecule has 1 aromatic carbocycles. The molecule has 18 heavy (non-hydrogen) atoms. The van der Waals surface area contributed by atoms with E-state index in [1.807, 2.05) is 0 Å². The van der Waals surface area contributed by atoms with Gasteiger partial charge in [-0.2, -0.15) is 0 Å². The highest BCUT2D eigenvalue weighted by molar-refractivity contribution is 6.30. The molecule has 0 saturated carbocycles. The van der Waals surface area contributed by atoms with Gasteiger partial charge in [-0.15, -0.1) is 10.2 Å². The number of carbonyl (C=O) groups is 1. The van der Waals surface area contributed by atoms with Crippen LogP contribution in [0.1, 0.15) is 5.89 Å². The Hall–Kier alpha value is -2.21. The summed E-state index contributed by atoms with van der Waals surface area (Å²) in [5.74, 6) is -1.82. The SMILES string of the molecule is O=C(O)/C=C/c1nnc(-c2ccc(Cl)cc2F)o1. The van der Waals surface area contributed by atoms with Crippen LogP contribution in [-0.2, 0) is 4.79 Å². The van der Waals surface area contributed by atoms with Crippen LogP contribution in [0.5, 0.6) is 0 Å². The number of hydrogen-bond donors (Lipinski definition) is 1. The Morgan fingerprint density at radius 2 is 2.22 bits per heavy atom. The first-order valence-corrected chi connectivity index (χ1v) is 5.14. The van der Waals surface area contributed by atoms with Crippen LogP contribution < -0.4 is 0 Å². The van der Waals surface area contributed by atoms with E-state index >= 15 is 0 Å². The highest BCUT2D eigenvalue weighted by Crippen LogP contribution is 2.24. The molecule has 0 unspecified atom stereocenters. The first-order chi connectivity index (χ1) is 8.56. The summed E-state index contributed by atoms with van der Waals surface area (Å²) in [4.78, 5) is 10.3. The minimum absolute atomic E-state index is 0.0262. The van der Waals surface area contributed by atoms with Crippen molar-refractivity contribution >= 4 is 23.6 Å². The van der Waals surface area contributed by atoms with Gasteiger partial charge in [0.25, 0.3) is 5.89 Å². The van der Waals surface area contributed by atoms with Crippen LogP contribution in [0, 0.1) is 5.82 Å². The maximum absolute atomic E-state index is 13.5. The molecule has 1 aromatic heterocycles. The normalized spacial score (nSPS) is 11.0. The van der Waals surface area contributed by atoms with Crippen molar-refractivity contribution in [3.63, 3.8) is 0 Å². The summed E-state index contributed by atoms with van der Waals surface area (Å²) in [6.45, 7) is 0. The Morgan fingerprint density at radius 3 is 2.89 bits per heavy atom. The van der Waals surface area contributed by atoms with Crippen molar-refractivity contribution in [2.75, 3.05) is 0 Å². The van der Waals surface area contributed by atoms with Crippen molar-refractivity contribution in [2.24, 2.45) is 0 Å². The van der Waals surface area contributed by atoms with Crippen molar-refractivity contribution < 1.29 is 18.7 Å². The molecule has 0 bridgehead atoms. The summed E-state index contributed by atoms with van der Waals surface area (Å²) >= 11 is 5.61. The third kappa shape index (κ3) is 2.72. The van der Waals surface area contributed by atoms with Gasteiger partial charge >= 0.3 is 5.97 Å². The Morgan fingerprint density at radius 1 is 1.44 bits per heavy atom. The summed E-state index contributed by atoms with van der Waals surface area (Å²) in [5.41, 5.74) is 0.0990. The fraction of sp³-hybridized carbons (Fsp3) is 0. The summed E-state index contributed by atoms with van der Waals surface area (Å²) in [6.07, 6.45) is 1.96. The largest absolute Gasteiger partial charge is 0.478 e. The van der Waals surface area contributed by atoms with Gasteiger partial charge in [0.15, 0.2) is 0 Å². The van der Waals surface area contributed by atoms with Crippen LogP contribution in [0.4, 0.5) is 4.39 Å². The van der Waals surface area contributed by atoms with Crippen LogP contribution in [0.15, 0.2) is 28.7 Å². The second-order valence-electron chi connectivity index (χ2n) is 3.24. The standard InChI is InChI=1S/C11H6ClFN2O3/c12-6-1-2-7(8(13)5-6)11-15-14-9(18-11)3-4-10(16)17/h1-5H,(H,16,17)/b4-3+. The van der Waals surface area contributed by atoms with E-state index in [-0.39, 0.29) is 22.4 Å². The molecule has 0 amide bonds. The quantitative estimate of drug-likeness (QED) is 0.866. The number of hydrogen-bond acceptors (Lipinski definition) is 4. The van der Waals surface area contributed by atoms with Gasteiger partial charge in [-0.05, 0) is 18.2 Å². The lowest BCUT2D eigenvalue weighted by atomic mass is 10.2. The Kier molecular flexibility index (Phi) is 3.38. The van der Waals surface area contributed by atoms with Crippen molar-refractivity contribution in [3.05, 3.63) is 41.0 Å². The molecule has 1 heterocycles. The number of nitrogens with zero attached hydrogens (tertiary/aromatic N) is 2. The first kappa shape index (κ1) is 12.3. The lowest BCUT2D eigenvalue weighted by molar-refractivity contribution is -0.131. The van der Waals surface area contributed by atoms with Crippen molar-refractivity contribution in [3.8, 4) is 11.5 Å². The number of carboxylic acids is 1. The predicted molar refractivity (Wildman–Crippen MR) is 61.4 cm³/mol. The average molecular weight is 269 g/mol. The summed E-state index contributed by atoms with van der Waals surface area (Å²) < 4.78 is 18.6. The molecule has 0 spiro atoms. The molecular formula is C11H6ClFN2O3. The molecule has 0 atom stereocenters. The van der Waals surface area contributed by atoms with Crippen LogP contribution >= 0.6 is 11.6 Å². The van der Waals surface area contributed by atoms with E-state index in [1.165, 1.54) is 12.1 Å². The molecule has 2 aromatic rings. The van der Waals surface area contributed by atoms with Crippen LogP contribution in [0.25, 0.3) is 17.5 Å². The maximum Gasteiger partial charge on any atom is 0.328 e. The van der Waals surface area contributed by atoms with Crippen LogP contribution in [0.2, 0.25) is 5.02 Å². The smallest absolute Gasteiger partial charge is 0.328 e. The van der Waals surface area contributed by atoms with Gasteiger partial charge in [-0.1, -0.05) is 11.6 Å². The molecule has 0 aliphatic heterocycles. The molecule has 92 valence electrons. The topological polar surface area (TPSA) is 76.2 Å². The van der Waals surface area contributed by atoms with Gasteiger partial charge in [0.05, 0.1) is 5.56 Å². The van der Waals surface area contributed by atoms with Gasteiger partial charge in [0.1, 0.15) is 5.82 Å². The molecule has 0 saturated heterocycles. The highest BCUT2D eigenvalue weighted by atomic mass is 35.5. The lowest BCUT2D eigenvalue weighted by Crippen LogP contribution is -1.85. The van der Waals surface area contributed by atoms with Crippen LogP contribution in [0.3, 0.4) is 0 Å². The van der Waals surface area contributed by atoms with Gasteiger partial charge in [0, 0.05) is 17.2 Å². The fourth-order valence-electron chi connectivity index (χ4n) is 1.22. The molecule has 0 radical (unpaired) electrons. The summed E-state index contributed by atoms with van der Waals surface area (Å²) in [7, 11) is 0. The van der Waals surface area contributed by atoms with E-state index in [9.17, 15) is 9.18 Å². The number of aromatic nitrogens is 2. The minimum Gasteiger partial charge on any atom is -0.478 e. The van der Waals surface area contributed by atoms with Crippen molar-refractivity contribution in [2.45, 2.75) is 0 Å². The molecule has 0 fully saturated rings. The zero-order valence-corrected chi connectivity index (χ0v) is 9.56. The number of halogens is 2. The van der Waals surface area contributed by atoms with Crippen molar-refractivity contribution in [1.82, 2.24) is 10.2 Å². The van der Waals surface area contributed by atoms with E-state index in [2.05, 4.69) is 10.2 Å². The average Bonchev–Trinajstić information content (AvgIpc) is 2.75. The predicted octanol–water partition coefficient (Wildman–Crippen LogP) is 2.63. The van der Waals surface area contributed by atoms with Crippen LogP contribution in [-0.4, -0.2) is 21.3 Å². The molecule has 0 aliphatic rings. The number of benzene rings is 1. The van der Waals surface area contributed by atoms with Gasteiger partial charge in [0.2, 0.25) is 5.89 Å². The molecular weight excluding hydrogens is 263 g/mol. The third-order valence-electron chi connectivity index (χ3n) is 1.97. The Balaban J connectivity index is 2.32. The minimum atomic E-state index is -1.15. The Bertz CT molecular complexity index is 625. The second-order valence-corrected chi connectivity index (χ2v) is 3.68. The summed E-state index contributed by atoms with van der Waals surface area (Å²) in [6, 6.07) is 4.00. The monoisotopic (exact) mass is 268 g/mol. The van der Waals surface area contributed by atoms with E-state index in [4.69, 9.17) is 21.1 Å². The van der Waals surface area contributed by atoms with Gasteiger partial charge < -0.3 is 9.52 Å². The molecule has 7 heteroatoms. The van der Waals surface area contributed by atoms with Gasteiger partial charge in [-0.3, -0.25) is 0 Å². The number of rotatable bonds is 3. The third-order valence-corrected chi connectivity index (χ3v) is 2.21. The van der Waals surface area contributed by atoms with E-state index in [1.54, 1.807) is 0 Å². The zero-order chi connectivity index (χ0) is 13.1. The number of aliphatic carboxylic acids is 1. The van der Waals surface area contributed by atoms with E-state index in [0.29, 0.717) is 0 Å². The fourth-order valence-corrected chi connectivity index (χ4v) is 1.38. The molecule has 2 rings (SSSR count). The maximum atomic E-state index is 13.5. The highest BCUT2D eigenvalue weighted by Gasteiger charge is 2.12. The van der Waals surface area contributed by atoms with E-state index < -0.39 is 11.8 Å². The number of carboxylic acid groups (broad SMARTS) is 1. The van der Waals surface area contributed by atoms with E-state index in [0.717, 1.165) is 18.2 Å². The second kappa shape index (κ2) is 4.97. The molecule has 0 aliphatic carbocycles. The van der Waals surface area contributed by atoms with Crippen molar-refractivity contribution in [1.29, 1.82) is 0 Å². The Labute approximate surface area is 106 Å². The lowest BCUT2D eigenvalue weighted by Gasteiger charge is -1.97. The first-order valence-electron chi connectivity index (χ1n) is 4.76. The van der Waals surface area contributed by atoms with Gasteiger partial charge in [-0.25, -0.2) is 9.18 Å². The molecule has 1 N–H and O–H groups in total.